The lowest BCUT2D eigenvalue weighted by molar-refractivity contribution is 0.0330. The summed E-state index contributed by atoms with van der Waals surface area (Å²) >= 11 is 0. The van der Waals surface area contributed by atoms with Crippen LogP contribution in [0.5, 0.6) is 0 Å². The van der Waals surface area contributed by atoms with Crippen molar-refractivity contribution in [2.75, 3.05) is 14.1 Å². The average molecular weight is 254 g/mol. The third-order valence-electron chi connectivity index (χ3n) is 5.49. The van der Waals surface area contributed by atoms with Gasteiger partial charge in [0.2, 0.25) is 0 Å². The molecule has 2 heteroatoms. The first kappa shape index (κ1) is 16.0. The van der Waals surface area contributed by atoms with Gasteiger partial charge < -0.3 is 5.32 Å². The summed E-state index contributed by atoms with van der Waals surface area (Å²) in [5.41, 5.74) is 0.304. The Morgan fingerprint density at radius 3 is 2.33 bits per heavy atom. The molecule has 3 atom stereocenters. The SMILES string of the molecule is CCC(C)(C)N(C)C1CC(C(C)C)CCC1NC. The molecule has 0 spiro atoms. The summed E-state index contributed by atoms with van der Waals surface area (Å²) in [7, 11) is 4.45. The van der Waals surface area contributed by atoms with Gasteiger partial charge in [-0.2, -0.15) is 0 Å². The Balaban J connectivity index is 2.80. The monoisotopic (exact) mass is 254 g/mol. The van der Waals surface area contributed by atoms with Gasteiger partial charge in [-0.15, -0.1) is 0 Å². The normalized spacial score (nSPS) is 30.2. The molecule has 0 radical (unpaired) electrons. The van der Waals surface area contributed by atoms with Crippen LogP contribution in [0.2, 0.25) is 0 Å². The predicted molar refractivity (Wildman–Crippen MR) is 80.9 cm³/mol. The van der Waals surface area contributed by atoms with E-state index in [4.69, 9.17) is 0 Å². The molecule has 1 saturated carbocycles. The van der Waals surface area contributed by atoms with E-state index in [-0.39, 0.29) is 0 Å². The fourth-order valence-electron chi connectivity index (χ4n) is 3.25. The summed E-state index contributed by atoms with van der Waals surface area (Å²) in [6.07, 6.45) is 5.28. The minimum atomic E-state index is 0.304. The fourth-order valence-corrected chi connectivity index (χ4v) is 3.25. The number of hydrogen-bond donors (Lipinski definition) is 1. The molecule has 0 aliphatic heterocycles. The Bertz CT molecular complexity index is 247. The molecule has 0 aromatic heterocycles. The molecule has 0 saturated heterocycles. The summed E-state index contributed by atoms with van der Waals surface area (Å²) in [6.45, 7) is 11.8. The largest absolute Gasteiger partial charge is 0.315 e. The Labute approximate surface area is 115 Å². The van der Waals surface area contributed by atoms with E-state index in [1.54, 1.807) is 0 Å². The first-order valence-corrected chi connectivity index (χ1v) is 7.73. The highest BCUT2D eigenvalue weighted by Gasteiger charge is 2.37. The predicted octanol–water partition coefficient (Wildman–Crippen LogP) is 3.52. The molecule has 108 valence electrons. The van der Waals surface area contributed by atoms with E-state index in [2.05, 4.69) is 58.9 Å². The molecule has 0 amide bonds. The van der Waals surface area contributed by atoms with Crippen LogP contribution in [0.15, 0.2) is 0 Å². The molecular formula is C16H34N2. The molecule has 0 bridgehead atoms. The molecule has 1 aliphatic carbocycles. The zero-order valence-electron chi connectivity index (χ0n) is 13.6. The maximum atomic E-state index is 3.55. The van der Waals surface area contributed by atoms with Crippen LogP contribution < -0.4 is 5.32 Å². The van der Waals surface area contributed by atoms with Crippen LogP contribution in [0.4, 0.5) is 0 Å². The molecule has 1 N–H and O–H groups in total. The maximum Gasteiger partial charge on any atom is 0.0254 e. The minimum Gasteiger partial charge on any atom is -0.315 e. The van der Waals surface area contributed by atoms with Crippen molar-refractivity contribution in [3.8, 4) is 0 Å². The summed E-state index contributed by atoms with van der Waals surface area (Å²) in [5.74, 6) is 1.72. The molecule has 0 aromatic carbocycles. The zero-order chi connectivity index (χ0) is 13.9. The second kappa shape index (κ2) is 6.38. The molecule has 18 heavy (non-hydrogen) atoms. The van der Waals surface area contributed by atoms with Gasteiger partial charge in [0.1, 0.15) is 0 Å². The number of likely N-dealkylation sites (N-methyl/N-ethyl adjacent to an activating group) is 2. The van der Waals surface area contributed by atoms with E-state index >= 15 is 0 Å². The molecule has 0 aromatic rings. The highest BCUT2D eigenvalue weighted by atomic mass is 15.2. The summed E-state index contributed by atoms with van der Waals surface area (Å²) in [4.78, 5) is 2.63. The van der Waals surface area contributed by atoms with Gasteiger partial charge in [-0.1, -0.05) is 20.8 Å². The fraction of sp³-hybridized carbons (Fsp3) is 1.00. The minimum absolute atomic E-state index is 0.304. The van der Waals surface area contributed by atoms with E-state index in [9.17, 15) is 0 Å². The van der Waals surface area contributed by atoms with Crippen LogP contribution in [-0.2, 0) is 0 Å². The number of rotatable bonds is 5. The first-order valence-electron chi connectivity index (χ1n) is 7.73. The number of hydrogen-bond acceptors (Lipinski definition) is 2. The van der Waals surface area contributed by atoms with Gasteiger partial charge in [0.15, 0.2) is 0 Å². The van der Waals surface area contributed by atoms with Gasteiger partial charge in [-0.3, -0.25) is 4.90 Å². The first-order chi connectivity index (χ1) is 8.33. The van der Waals surface area contributed by atoms with Gasteiger partial charge in [0.05, 0.1) is 0 Å². The van der Waals surface area contributed by atoms with Crippen LogP contribution in [0.25, 0.3) is 0 Å². The van der Waals surface area contributed by atoms with Crippen LogP contribution in [0.1, 0.15) is 60.3 Å². The Hall–Kier alpha value is -0.0800. The topological polar surface area (TPSA) is 15.3 Å². The van der Waals surface area contributed by atoms with Gasteiger partial charge >= 0.3 is 0 Å². The van der Waals surface area contributed by atoms with Crippen molar-refractivity contribution in [3.63, 3.8) is 0 Å². The lowest BCUT2D eigenvalue weighted by atomic mass is 9.75. The molecule has 1 rings (SSSR count). The molecule has 3 unspecified atom stereocenters. The average Bonchev–Trinajstić information content (AvgIpc) is 2.36. The van der Waals surface area contributed by atoms with Crippen molar-refractivity contribution in [2.24, 2.45) is 11.8 Å². The van der Waals surface area contributed by atoms with Crippen molar-refractivity contribution in [3.05, 3.63) is 0 Å². The Kier molecular flexibility index (Phi) is 5.67. The number of nitrogens with one attached hydrogen (secondary N) is 1. The molecule has 2 nitrogen and oxygen atoms in total. The van der Waals surface area contributed by atoms with Crippen molar-refractivity contribution < 1.29 is 0 Å². The third-order valence-corrected chi connectivity index (χ3v) is 5.49. The molecule has 1 aliphatic rings. The van der Waals surface area contributed by atoms with Crippen molar-refractivity contribution >= 4 is 0 Å². The smallest absolute Gasteiger partial charge is 0.0254 e. The van der Waals surface area contributed by atoms with Crippen molar-refractivity contribution in [2.45, 2.75) is 77.9 Å². The van der Waals surface area contributed by atoms with Crippen LogP contribution in [-0.4, -0.2) is 36.6 Å². The summed E-state index contributed by atoms with van der Waals surface area (Å²) < 4.78 is 0. The molecule has 1 fully saturated rings. The van der Waals surface area contributed by atoms with E-state index in [0.717, 1.165) is 11.8 Å². The van der Waals surface area contributed by atoms with Gasteiger partial charge in [-0.05, 0) is 65.5 Å². The Morgan fingerprint density at radius 2 is 1.89 bits per heavy atom. The van der Waals surface area contributed by atoms with E-state index in [1.807, 2.05) is 0 Å². The summed E-state index contributed by atoms with van der Waals surface area (Å²) in [5, 5.41) is 3.55. The summed E-state index contributed by atoms with van der Waals surface area (Å²) in [6, 6.07) is 1.35. The van der Waals surface area contributed by atoms with Crippen molar-refractivity contribution in [1.82, 2.24) is 10.2 Å². The van der Waals surface area contributed by atoms with E-state index in [1.165, 1.54) is 25.7 Å². The van der Waals surface area contributed by atoms with Gasteiger partial charge in [0.25, 0.3) is 0 Å². The number of nitrogens with zero attached hydrogens (tertiary/aromatic N) is 1. The lowest BCUT2D eigenvalue weighted by Gasteiger charge is -2.48. The van der Waals surface area contributed by atoms with Crippen LogP contribution in [0, 0.1) is 11.8 Å². The quantitative estimate of drug-likeness (QED) is 0.807. The van der Waals surface area contributed by atoms with Crippen molar-refractivity contribution in [1.29, 1.82) is 0 Å². The molecular weight excluding hydrogens is 220 g/mol. The van der Waals surface area contributed by atoms with Gasteiger partial charge in [-0.25, -0.2) is 0 Å². The van der Waals surface area contributed by atoms with Crippen LogP contribution >= 0.6 is 0 Å². The lowest BCUT2D eigenvalue weighted by Crippen LogP contribution is -2.57. The standard InChI is InChI=1S/C16H34N2/c1-8-16(4,5)18(7)15-11-13(12(2)3)9-10-14(15)17-6/h12-15,17H,8-11H2,1-7H3. The van der Waals surface area contributed by atoms with E-state index in [0.29, 0.717) is 17.6 Å². The third kappa shape index (κ3) is 3.48. The van der Waals surface area contributed by atoms with Crippen LogP contribution in [0.3, 0.4) is 0 Å². The second-order valence-electron chi connectivity index (χ2n) is 7.06. The second-order valence-corrected chi connectivity index (χ2v) is 7.06. The molecule has 0 heterocycles. The van der Waals surface area contributed by atoms with E-state index < -0.39 is 0 Å². The van der Waals surface area contributed by atoms with Gasteiger partial charge in [0, 0.05) is 17.6 Å². The Morgan fingerprint density at radius 1 is 1.28 bits per heavy atom. The zero-order valence-corrected chi connectivity index (χ0v) is 13.6. The highest BCUT2D eigenvalue weighted by molar-refractivity contribution is 4.94. The maximum absolute atomic E-state index is 3.55. The highest BCUT2D eigenvalue weighted by Crippen LogP contribution is 2.35.